The first-order valence-electron chi connectivity index (χ1n) is 8.73. The molecule has 0 bridgehead atoms. The van der Waals surface area contributed by atoms with Gasteiger partial charge in [0, 0.05) is 19.5 Å². The van der Waals surface area contributed by atoms with Crippen molar-refractivity contribution >= 4 is 27.5 Å². The Morgan fingerprint density at radius 1 is 1.36 bits per heavy atom. The summed E-state index contributed by atoms with van der Waals surface area (Å²) in [5.74, 6) is 0.303. The van der Waals surface area contributed by atoms with Crippen molar-refractivity contribution in [3.05, 3.63) is 62.0 Å². The van der Waals surface area contributed by atoms with Gasteiger partial charge in [-0.2, -0.15) is 13.2 Å². The molecular formula is C19H16F3N3O2S. The van der Waals surface area contributed by atoms with Crippen molar-refractivity contribution < 1.29 is 18.0 Å². The molecule has 0 spiro atoms. The van der Waals surface area contributed by atoms with Crippen LogP contribution in [0.1, 0.15) is 38.6 Å². The van der Waals surface area contributed by atoms with Gasteiger partial charge in [0.15, 0.2) is 0 Å². The van der Waals surface area contributed by atoms with Gasteiger partial charge in [0.25, 0.3) is 11.5 Å². The van der Waals surface area contributed by atoms with Gasteiger partial charge in [-0.15, -0.1) is 11.3 Å². The highest BCUT2D eigenvalue weighted by atomic mass is 32.1. The summed E-state index contributed by atoms with van der Waals surface area (Å²) in [7, 11) is 0. The molecule has 0 atom stereocenters. The number of thiophene rings is 1. The van der Waals surface area contributed by atoms with E-state index in [0.717, 1.165) is 42.1 Å². The van der Waals surface area contributed by atoms with E-state index in [1.807, 2.05) is 0 Å². The van der Waals surface area contributed by atoms with Gasteiger partial charge in [-0.25, -0.2) is 4.98 Å². The molecule has 1 aromatic carbocycles. The second kappa shape index (κ2) is 6.73. The molecule has 0 saturated heterocycles. The maximum atomic E-state index is 12.8. The van der Waals surface area contributed by atoms with Crippen LogP contribution in [-0.2, 0) is 25.7 Å². The molecule has 0 aliphatic carbocycles. The summed E-state index contributed by atoms with van der Waals surface area (Å²) in [6.07, 6.45) is -2.82. The number of hydrogen-bond donors (Lipinski definition) is 1. The first kappa shape index (κ1) is 18.7. The van der Waals surface area contributed by atoms with Gasteiger partial charge in [0.05, 0.1) is 15.8 Å². The number of fused-ring (bicyclic) bond motifs is 2. The molecule has 0 saturated carbocycles. The Hall–Kier alpha value is -2.68. The fourth-order valence-electron chi connectivity index (χ4n) is 3.41. The monoisotopic (exact) mass is 407 g/mol. The summed E-state index contributed by atoms with van der Waals surface area (Å²) in [5, 5.41) is 3.08. The van der Waals surface area contributed by atoms with E-state index in [4.69, 9.17) is 0 Å². The highest BCUT2D eigenvalue weighted by Gasteiger charge is 2.30. The quantitative estimate of drug-likeness (QED) is 0.721. The van der Waals surface area contributed by atoms with Crippen molar-refractivity contribution in [3.63, 3.8) is 0 Å². The molecule has 0 radical (unpaired) electrons. The van der Waals surface area contributed by atoms with Crippen LogP contribution < -0.4 is 10.9 Å². The normalized spacial score (nSPS) is 13.7. The number of aromatic nitrogens is 2. The molecule has 1 aliphatic heterocycles. The van der Waals surface area contributed by atoms with Crippen molar-refractivity contribution in [2.24, 2.45) is 0 Å². The Bertz CT molecular complexity index is 1150. The zero-order chi connectivity index (χ0) is 20.1. The van der Waals surface area contributed by atoms with Crippen LogP contribution in [-0.4, -0.2) is 15.5 Å². The highest BCUT2D eigenvalue weighted by Crippen LogP contribution is 2.30. The maximum Gasteiger partial charge on any atom is 0.416 e. The number of nitrogens with zero attached hydrogens (tertiary/aromatic N) is 2. The van der Waals surface area contributed by atoms with Gasteiger partial charge < -0.3 is 5.32 Å². The van der Waals surface area contributed by atoms with Crippen molar-refractivity contribution in [1.82, 2.24) is 14.9 Å². The van der Waals surface area contributed by atoms with Gasteiger partial charge in [-0.3, -0.25) is 14.2 Å². The second-order valence-corrected chi connectivity index (χ2v) is 7.70. The third-order valence-electron chi connectivity index (χ3n) is 4.83. The fraction of sp³-hybridized carbons (Fsp3) is 0.316. The van der Waals surface area contributed by atoms with E-state index in [2.05, 4.69) is 10.3 Å². The largest absolute Gasteiger partial charge is 0.416 e. The smallest absolute Gasteiger partial charge is 0.347 e. The molecule has 9 heteroatoms. The predicted octanol–water partition coefficient (Wildman–Crippen LogP) is 3.66. The average Bonchev–Trinajstić information content (AvgIpc) is 3.24. The van der Waals surface area contributed by atoms with Crippen molar-refractivity contribution in [3.8, 4) is 0 Å². The third-order valence-corrected chi connectivity index (χ3v) is 6.01. The first-order valence-corrected chi connectivity index (χ1v) is 9.54. The van der Waals surface area contributed by atoms with Crippen LogP contribution >= 0.6 is 11.3 Å². The molecule has 3 aromatic rings. The Balaban J connectivity index is 1.59. The Kier molecular flexibility index (Phi) is 4.49. The minimum atomic E-state index is -4.43. The van der Waals surface area contributed by atoms with Gasteiger partial charge in [0.2, 0.25) is 0 Å². The van der Waals surface area contributed by atoms with E-state index >= 15 is 0 Å². The van der Waals surface area contributed by atoms with Crippen LogP contribution in [0, 0.1) is 6.92 Å². The van der Waals surface area contributed by atoms with Crippen molar-refractivity contribution in [2.75, 3.05) is 0 Å². The summed E-state index contributed by atoms with van der Waals surface area (Å²) in [6.45, 7) is 2.28. The average molecular weight is 407 g/mol. The number of nitrogens with one attached hydrogen (secondary N) is 1. The summed E-state index contributed by atoms with van der Waals surface area (Å²) in [6, 6.07) is 4.82. The fourth-order valence-corrected chi connectivity index (χ4v) is 4.52. The van der Waals surface area contributed by atoms with E-state index in [1.54, 1.807) is 11.5 Å². The third kappa shape index (κ3) is 3.19. The topological polar surface area (TPSA) is 64.0 Å². The van der Waals surface area contributed by atoms with Gasteiger partial charge in [-0.1, -0.05) is 12.1 Å². The number of benzene rings is 1. The molecule has 146 valence electrons. The van der Waals surface area contributed by atoms with Crippen LogP contribution in [0.4, 0.5) is 13.2 Å². The van der Waals surface area contributed by atoms with Crippen LogP contribution in [0.25, 0.3) is 10.2 Å². The van der Waals surface area contributed by atoms with E-state index in [1.165, 1.54) is 12.1 Å². The van der Waals surface area contributed by atoms with Gasteiger partial charge in [0.1, 0.15) is 10.7 Å². The van der Waals surface area contributed by atoms with Crippen molar-refractivity contribution in [2.45, 2.75) is 39.0 Å². The number of carbonyl (C=O) groups excluding carboxylic acids is 1. The predicted molar refractivity (Wildman–Crippen MR) is 99.6 cm³/mol. The molecule has 1 N–H and O–H groups in total. The van der Waals surface area contributed by atoms with E-state index < -0.39 is 17.6 Å². The Morgan fingerprint density at radius 2 is 2.14 bits per heavy atom. The number of amides is 1. The van der Waals surface area contributed by atoms with Gasteiger partial charge >= 0.3 is 6.18 Å². The molecule has 1 aliphatic rings. The van der Waals surface area contributed by atoms with Crippen molar-refractivity contribution in [1.29, 1.82) is 0 Å². The lowest BCUT2D eigenvalue weighted by Crippen LogP contribution is -2.23. The summed E-state index contributed by atoms with van der Waals surface area (Å²) >= 11 is 1.14. The number of hydrogen-bond acceptors (Lipinski definition) is 4. The standard InChI is InChI=1S/C19H16F3N3O2S/c1-10-14-17(24-13-6-3-7-25(13)18(14)27)28-15(10)16(26)23-9-11-4-2-5-12(8-11)19(20,21)22/h2,4-5,8H,3,6-7,9H2,1H3,(H,23,26). The molecule has 1 amide bonds. The lowest BCUT2D eigenvalue weighted by molar-refractivity contribution is -0.137. The maximum absolute atomic E-state index is 12.8. The summed E-state index contributed by atoms with van der Waals surface area (Å²) in [4.78, 5) is 30.7. The van der Waals surface area contributed by atoms with E-state index in [0.29, 0.717) is 32.8 Å². The summed E-state index contributed by atoms with van der Waals surface area (Å²) < 4.78 is 40.1. The highest BCUT2D eigenvalue weighted by molar-refractivity contribution is 7.20. The SMILES string of the molecule is Cc1c(C(=O)NCc2cccc(C(F)(F)F)c2)sc2nc3n(c(=O)c12)CCC3. The van der Waals surface area contributed by atoms with E-state index in [-0.39, 0.29) is 12.1 Å². The lowest BCUT2D eigenvalue weighted by Gasteiger charge is -2.09. The number of alkyl halides is 3. The van der Waals surface area contributed by atoms with Crippen LogP contribution in [0.2, 0.25) is 0 Å². The number of aryl methyl sites for hydroxylation is 2. The molecule has 4 rings (SSSR count). The van der Waals surface area contributed by atoms with Gasteiger partial charge in [-0.05, 0) is 36.6 Å². The molecule has 0 fully saturated rings. The minimum absolute atomic E-state index is 0.0423. The summed E-state index contributed by atoms with van der Waals surface area (Å²) in [5.41, 5.74) is 0.00700. The molecular weight excluding hydrogens is 391 g/mol. The lowest BCUT2D eigenvalue weighted by atomic mass is 10.1. The van der Waals surface area contributed by atoms with Crippen LogP contribution in [0.5, 0.6) is 0 Å². The molecule has 3 heterocycles. The van der Waals surface area contributed by atoms with Crippen LogP contribution in [0.15, 0.2) is 29.1 Å². The second-order valence-electron chi connectivity index (χ2n) is 6.71. The minimum Gasteiger partial charge on any atom is -0.347 e. The zero-order valence-corrected chi connectivity index (χ0v) is 15.7. The number of carbonyl (C=O) groups is 1. The number of halogens is 3. The zero-order valence-electron chi connectivity index (χ0n) is 14.9. The molecule has 28 heavy (non-hydrogen) atoms. The molecule has 5 nitrogen and oxygen atoms in total. The first-order chi connectivity index (χ1) is 13.3. The number of rotatable bonds is 3. The Labute approximate surface area is 161 Å². The molecule has 2 aromatic heterocycles. The van der Waals surface area contributed by atoms with Crippen LogP contribution in [0.3, 0.4) is 0 Å². The Morgan fingerprint density at radius 3 is 2.89 bits per heavy atom. The van der Waals surface area contributed by atoms with E-state index in [9.17, 15) is 22.8 Å². The molecule has 0 unspecified atom stereocenters.